The SMILES string of the molecule is CCc1nn(C)c2c1nc(N)n2N1C(C)CCCC1C. The summed E-state index contributed by atoms with van der Waals surface area (Å²) in [7, 11) is 1.97. The highest BCUT2D eigenvalue weighted by molar-refractivity contribution is 5.78. The molecule has 2 aromatic heterocycles. The van der Waals surface area contributed by atoms with Crippen LogP contribution in [-0.4, -0.2) is 31.5 Å². The van der Waals surface area contributed by atoms with Gasteiger partial charge in [-0.1, -0.05) is 6.92 Å². The van der Waals surface area contributed by atoms with Crippen molar-refractivity contribution in [2.45, 2.75) is 58.5 Å². The molecule has 1 saturated heterocycles. The van der Waals surface area contributed by atoms with Crippen molar-refractivity contribution in [2.24, 2.45) is 7.05 Å². The number of anilines is 1. The molecule has 110 valence electrons. The lowest BCUT2D eigenvalue weighted by Gasteiger charge is -2.41. The number of rotatable bonds is 2. The molecule has 6 heteroatoms. The van der Waals surface area contributed by atoms with Crippen LogP contribution in [0.25, 0.3) is 11.2 Å². The summed E-state index contributed by atoms with van der Waals surface area (Å²) in [6.45, 7) is 6.62. The highest BCUT2D eigenvalue weighted by Gasteiger charge is 2.29. The maximum absolute atomic E-state index is 6.21. The summed E-state index contributed by atoms with van der Waals surface area (Å²) >= 11 is 0. The number of hydrogen-bond donors (Lipinski definition) is 1. The van der Waals surface area contributed by atoms with Gasteiger partial charge in [-0.3, -0.25) is 0 Å². The summed E-state index contributed by atoms with van der Waals surface area (Å²) in [4.78, 5) is 4.56. The Hall–Kier alpha value is -1.72. The van der Waals surface area contributed by atoms with Crippen LogP contribution in [0.3, 0.4) is 0 Å². The normalized spacial score (nSPS) is 23.7. The number of nitrogens with zero attached hydrogens (tertiary/aromatic N) is 5. The first-order chi connectivity index (χ1) is 9.54. The van der Waals surface area contributed by atoms with E-state index in [1.54, 1.807) is 0 Å². The smallest absolute Gasteiger partial charge is 0.222 e. The number of piperidine rings is 1. The van der Waals surface area contributed by atoms with Gasteiger partial charge in [0.25, 0.3) is 0 Å². The van der Waals surface area contributed by atoms with E-state index in [0.717, 1.165) is 23.3 Å². The molecular weight excluding hydrogens is 252 g/mol. The second-order valence-corrected chi connectivity index (χ2v) is 5.89. The van der Waals surface area contributed by atoms with Crippen LogP contribution in [0.4, 0.5) is 5.95 Å². The van der Waals surface area contributed by atoms with Crippen LogP contribution in [0.15, 0.2) is 0 Å². The summed E-state index contributed by atoms with van der Waals surface area (Å²) in [6.07, 6.45) is 4.55. The predicted octanol–water partition coefficient (Wildman–Crippen LogP) is 1.81. The maximum atomic E-state index is 6.21. The van der Waals surface area contributed by atoms with Crippen LogP contribution in [-0.2, 0) is 13.5 Å². The van der Waals surface area contributed by atoms with Crippen LogP contribution in [0.5, 0.6) is 0 Å². The Morgan fingerprint density at radius 2 is 1.90 bits per heavy atom. The topological polar surface area (TPSA) is 64.9 Å². The molecule has 1 aliphatic heterocycles. The van der Waals surface area contributed by atoms with Crippen molar-refractivity contribution in [1.82, 2.24) is 19.4 Å². The highest BCUT2D eigenvalue weighted by Crippen LogP contribution is 2.28. The third kappa shape index (κ3) is 1.77. The molecule has 3 heterocycles. The zero-order valence-electron chi connectivity index (χ0n) is 12.8. The molecular formula is C14H24N6. The molecule has 1 aliphatic rings. The second kappa shape index (κ2) is 4.68. The fourth-order valence-corrected chi connectivity index (χ4v) is 3.45. The lowest BCUT2D eigenvalue weighted by Crippen LogP contribution is -2.51. The maximum Gasteiger partial charge on any atom is 0.222 e. The van der Waals surface area contributed by atoms with Crippen molar-refractivity contribution < 1.29 is 0 Å². The van der Waals surface area contributed by atoms with Crippen molar-refractivity contribution >= 4 is 17.1 Å². The molecule has 2 N–H and O–H groups in total. The minimum absolute atomic E-state index is 0.471. The number of imidazole rings is 1. The molecule has 0 aliphatic carbocycles. The lowest BCUT2D eigenvalue weighted by atomic mass is 10.00. The van der Waals surface area contributed by atoms with Gasteiger partial charge in [0.15, 0.2) is 5.65 Å². The number of fused-ring (bicyclic) bond motifs is 1. The van der Waals surface area contributed by atoms with Gasteiger partial charge in [-0.15, -0.1) is 0 Å². The van der Waals surface area contributed by atoms with Crippen molar-refractivity contribution in [2.75, 3.05) is 10.7 Å². The first-order valence-corrected chi connectivity index (χ1v) is 7.53. The molecule has 2 atom stereocenters. The third-order valence-electron chi connectivity index (χ3n) is 4.42. The Labute approximate surface area is 119 Å². The van der Waals surface area contributed by atoms with Crippen LogP contribution < -0.4 is 10.7 Å². The van der Waals surface area contributed by atoms with Crippen molar-refractivity contribution in [1.29, 1.82) is 0 Å². The van der Waals surface area contributed by atoms with E-state index in [0.29, 0.717) is 18.0 Å². The first kappa shape index (κ1) is 13.3. The van der Waals surface area contributed by atoms with E-state index in [4.69, 9.17) is 5.73 Å². The second-order valence-electron chi connectivity index (χ2n) is 5.89. The average Bonchev–Trinajstić information content (AvgIpc) is 2.88. The van der Waals surface area contributed by atoms with E-state index in [1.165, 1.54) is 19.3 Å². The van der Waals surface area contributed by atoms with Gasteiger partial charge in [0.05, 0.1) is 5.69 Å². The van der Waals surface area contributed by atoms with Crippen LogP contribution in [0.1, 0.15) is 45.7 Å². The summed E-state index contributed by atoms with van der Waals surface area (Å²) < 4.78 is 3.99. The van der Waals surface area contributed by atoms with Crippen LogP contribution in [0.2, 0.25) is 0 Å². The van der Waals surface area contributed by atoms with Crippen LogP contribution >= 0.6 is 0 Å². The Morgan fingerprint density at radius 3 is 2.50 bits per heavy atom. The first-order valence-electron chi connectivity index (χ1n) is 7.53. The number of aryl methyl sites for hydroxylation is 2. The van der Waals surface area contributed by atoms with Gasteiger partial charge in [0.2, 0.25) is 5.95 Å². The fraction of sp³-hybridized carbons (Fsp3) is 0.714. The number of nitrogens with two attached hydrogens (primary N) is 1. The standard InChI is InChI=1S/C14H24N6/c1-5-11-12-13(18(4)17-11)20(14(15)16-12)19-9(2)7-6-8-10(19)3/h9-10H,5-8H2,1-4H3,(H2,15,16). The zero-order chi connectivity index (χ0) is 14.4. The Morgan fingerprint density at radius 1 is 1.25 bits per heavy atom. The number of nitrogen functional groups attached to an aromatic ring is 1. The van der Waals surface area contributed by atoms with Gasteiger partial charge in [-0.05, 0) is 39.5 Å². The molecule has 0 spiro atoms. The predicted molar refractivity (Wildman–Crippen MR) is 81.3 cm³/mol. The van der Waals surface area contributed by atoms with Gasteiger partial charge in [0, 0.05) is 19.1 Å². The lowest BCUT2D eigenvalue weighted by molar-refractivity contribution is 0.341. The van der Waals surface area contributed by atoms with Crippen molar-refractivity contribution in [3.05, 3.63) is 5.69 Å². The van der Waals surface area contributed by atoms with E-state index >= 15 is 0 Å². The number of hydrogen-bond acceptors (Lipinski definition) is 4. The van der Waals surface area contributed by atoms with E-state index in [1.807, 2.05) is 11.7 Å². The minimum atomic E-state index is 0.471. The van der Waals surface area contributed by atoms with Gasteiger partial charge >= 0.3 is 0 Å². The van der Waals surface area contributed by atoms with E-state index in [9.17, 15) is 0 Å². The minimum Gasteiger partial charge on any atom is -0.368 e. The Kier molecular flexibility index (Phi) is 3.11. The largest absolute Gasteiger partial charge is 0.368 e. The molecule has 0 saturated carbocycles. The summed E-state index contributed by atoms with van der Waals surface area (Å²) in [5, 5.41) is 6.94. The molecule has 2 aromatic rings. The van der Waals surface area contributed by atoms with Gasteiger partial charge in [0.1, 0.15) is 5.52 Å². The Bertz CT molecular complexity index is 615. The van der Waals surface area contributed by atoms with Crippen molar-refractivity contribution in [3.8, 4) is 0 Å². The molecule has 0 radical (unpaired) electrons. The molecule has 0 amide bonds. The zero-order valence-corrected chi connectivity index (χ0v) is 12.8. The van der Waals surface area contributed by atoms with Crippen LogP contribution in [0, 0.1) is 0 Å². The summed E-state index contributed by atoms with van der Waals surface area (Å²) in [5.41, 5.74) is 9.19. The quantitative estimate of drug-likeness (QED) is 0.908. The molecule has 20 heavy (non-hydrogen) atoms. The number of aromatic nitrogens is 4. The monoisotopic (exact) mass is 276 g/mol. The molecule has 2 unspecified atom stereocenters. The third-order valence-corrected chi connectivity index (χ3v) is 4.42. The van der Waals surface area contributed by atoms with Gasteiger partial charge in [-0.25, -0.2) is 14.3 Å². The van der Waals surface area contributed by atoms with E-state index in [-0.39, 0.29) is 0 Å². The highest BCUT2D eigenvalue weighted by atomic mass is 15.6. The average molecular weight is 276 g/mol. The fourth-order valence-electron chi connectivity index (χ4n) is 3.45. The van der Waals surface area contributed by atoms with Crippen molar-refractivity contribution in [3.63, 3.8) is 0 Å². The molecule has 6 nitrogen and oxygen atoms in total. The molecule has 0 aromatic carbocycles. The Balaban J connectivity index is 2.19. The van der Waals surface area contributed by atoms with E-state index < -0.39 is 0 Å². The molecule has 3 rings (SSSR count). The summed E-state index contributed by atoms with van der Waals surface area (Å²) in [6, 6.07) is 0.942. The summed E-state index contributed by atoms with van der Waals surface area (Å²) in [5.74, 6) is 0.572. The van der Waals surface area contributed by atoms with Gasteiger partial charge in [-0.2, -0.15) is 5.10 Å². The molecule has 0 bridgehead atoms. The van der Waals surface area contributed by atoms with E-state index in [2.05, 4.69) is 40.5 Å². The molecule has 1 fully saturated rings. The van der Waals surface area contributed by atoms with Gasteiger partial charge < -0.3 is 10.7 Å².